The number of carbonyl (C=O) groups is 1. The SMILES string of the molecule is CC(C)(C)c1ccc(NC(=O)N2CCN(c3ccc(N4CCN(CC5CCCO5)CC4)nn3)CC2)cc1. The van der Waals surface area contributed by atoms with Gasteiger partial charge in [-0.1, -0.05) is 32.9 Å². The third-order valence-corrected chi connectivity index (χ3v) is 7.71. The molecule has 3 aliphatic heterocycles. The maximum atomic E-state index is 12.8. The molecule has 0 aliphatic carbocycles. The lowest BCUT2D eigenvalue weighted by molar-refractivity contribution is 0.0712. The normalized spacial score (nSPS) is 21.4. The standard InChI is InChI=1S/C28H41N7O2/c1-28(2,3)22-6-8-23(9-7-22)29-27(36)35-18-16-34(17-19-35)26-11-10-25(30-31-26)33-14-12-32(13-15-33)21-24-5-4-20-37-24/h6-11,24H,4-5,12-21H2,1-3H3,(H,29,36). The number of benzene rings is 1. The molecule has 1 aromatic heterocycles. The molecule has 37 heavy (non-hydrogen) atoms. The molecule has 5 rings (SSSR count). The Morgan fingerprint density at radius 1 is 0.892 bits per heavy atom. The minimum atomic E-state index is -0.0526. The van der Waals surface area contributed by atoms with Crippen LogP contribution in [0.4, 0.5) is 22.1 Å². The second-order valence-electron chi connectivity index (χ2n) is 11.4. The Labute approximate surface area is 220 Å². The van der Waals surface area contributed by atoms with Crippen molar-refractivity contribution in [2.45, 2.75) is 45.1 Å². The van der Waals surface area contributed by atoms with Crippen molar-refractivity contribution in [1.82, 2.24) is 20.0 Å². The molecule has 0 radical (unpaired) electrons. The predicted octanol–water partition coefficient (Wildman–Crippen LogP) is 3.43. The Balaban J connectivity index is 1.07. The number of carbonyl (C=O) groups excluding carboxylic acids is 1. The highest BCUT2D eigenvalue weighted by atomic mass is 16.5. The van der Waals surface area contributed by atoms with Crippen LogP contribution in [0.25, 0.3) is 0 Å². The number of nitrogens with zero attached hydrogens (tertiary/aromatic N) is 6. The van der Waals surface area contributed by atoms with E-state index in [0.29, 0.717) is 19.2 Å². The molecule has 1 N–H and O–H groups in total. The van der Waals surface area contributed by atoms with E-state index in [4.69, 9.17) is 4.74 Å². The molecule has 0 bridgehead atoms. The van der Waals surface area contributed by atoms with Crippen LogP contribution in [0.3, 0.4) is 0 Å². The maximum Gasteiger partial charge on any atom is 0.321 e. The van der Waals surface area contributed by atoms with E-state index in [1.165, 1.54) is 18.4 Å². The Morgan fingerprint density at radius 3 is 2.00 bits per heavy atom. The van der Waals surface area contributed by atoms with E-state index in [0.717, 1.165) is 69.7 Å². The first-order valence-electron chi connectivity index (χ1n) is 13.7. The van der Waals surface area contributed by atoms with Crippen LogP contribution in [-0.4, -0.2) is 97.6 Å². The number of piperazine rings is 2. The van der Waals surface area contributed by atoms with Crippen molar-refractivity contribution in [3.8, 4) is 0 Å². The summed E-state index contributed by atoms with van der Waals surface area (Å²) in [5, 5.41) is 12.1. The lowest BCUT2D eigenvalue weighted by Gasteiger charge is -2.37. The molecular formula is C28H41N7O2. The summed E-state index contributed by atoms with van der Waals surface area (Å²) in [6, 6.07) is 12.2. The number of aromatic nitrogens is 2. The van der Waals surface area contributed by atoms with Crippen molar-refractivity contribution in [2.24, 2.45) is 0 Å². The van der Waals surface area contributed by atoms with Crippen molar-refractivity contribution in [3.05, 3.63) is 42.0 Å². The van der Waals surface area contributed by atoms with Gasteiger partial charge in [-0.3, -0.25) is 4.90 Å². The van der Waals surface area contributed by atoms with Gasteiger partial charge in [0.05, 0.1) is 6.10 Å². The minimum absolute atomic E-state index is 0.0526. The second-order valence-corrected chi connectivity index (χ2v) is 11.4. The molecule has 1 aromatic carbocycles. The number of ether oxygens (including phenoxy) is 1. The van der Waals surface area contributed by atoms with Crippen LogP contribution >= 0.6 is 0 Å². The maximum absolute atomic E-state index is 12.8. The van der Waals surface area contributed by atoms with E-state index in [2.05, 4.69) is 75.3 Å². The first kappa shape index (κ1) is 25.7. The number of amides is 2. The first-order chi connectivity index (χ1) is 17.8. The van der Waals surface area contributed by atoms with Gasteiger partial charge in [-0.25, -0.2) is 4.79 Å². The number of urea groups is 1. The predicted molar refractivity (Wildman–Crippen MR) is 148 cm³/mol. The average Bonchev–Trinajstić information content (AvgIpc) is 3.42. The zero-order chi connectivity index (χ0) is 25.8. The highest BCUT2D eigenvalue weighted by molar-refractivity contribution is 5.89. The van der Waals surface area contributed by atoms with Gasteiger partial charge in [-0.2, -0.15) is 0 Å². The molecule has 2 aromatic rings. The van der Waals surface area contributed by atoms with Gasteiger partial charge < -0.3 is 24.8 Å². The van der Waals surface area contributed by atoms with Crippen molar-refractivity contribution in [2.75, 3.05) is 80.6 Å². The fraction of sp³-hybridized carbons (Fsp3) is 0.607. The molecule has 1 atom stereocenters. The number of hydrogen-bond donors (Lipinski definition) is 1. The highest BCUT2D eigenvalue weighted by Crippen LogP contribution is 2.24. The molecule has 3 fully saturated rings. The van der Waals surface area contributed by atoms with E-state index in [1.807, 2.05) is 17.0 Å². The number of nitrogens with one attached hydrogen (secondary N) is 1. The van der Waals surface area contributed by atoms with Gasteiger partial charge in [0, 0.05) is 71.2 Å². The molecule has 1 unspecified atom stereocenters. The third-order valence-electron chi connectivity index (χ3n) is 7.71. The second kappa shape index (κ2) is 11.2. The van der Waals surface area contributed by atoms with Crippen LogP contribution in [-0.2, 0) is 10.2 Å². The van der Waals surface area contributed by atoms with Gasteiger partial charge in [0.25, 0.3) is 0 Å². The summed E-state index contributed by atoms with van der Waals surface area (Å²) in [5.74, 6) is 1.81. The van der Waals surface area contributed by atoms with E-state index < -0.39 is 0 Å². The van der Waals surface area contributed by atoms with Gasteiger partial charge in [-0.05, 0) is 48.1 Å². The van der Waals surface area contributed by atoms with Gasteiger partial charge in [-0.15, -0.1) is 10.2 Å². The zero-order valence-electron chi connectivity index (χ0n) is 22.5. The van der Waals surface area contributed by atoms with Crippen molar-refractivity contribution in [1.29, 1.82) is 0 Å². The van der Waals surface area contributed by atoms with Gasteiger partial charge in [0.2, 0.25) is 0 Å². The Hall–Kier alpha value is -2.91. The van der Waals surface area contributed by atoms with E-state index >= 15 is 0 Å². The van der Waals surface area contributed by atoms with Crippen molar-refractivity contribution in [3.63, 3.8) is 0 Å². The quantitative estimate of drug-likeness (QED) is 0.664. The Bertz CT molecular complexity index is 1020. The third kappa shape index (κ3) is 6.51. The lowest BCUT2D eigenvalue weighted by Crippen LogP contribution is -2.50. The minimum Gasteiger partial charge on any atom is -0.377 e. The van der Waals surface area contributed by atoms with Crippen LogP contribution in [0, 0.1) is 0 Å². The topological polar surface area (TPSA) is 77.1 Å². The summed E-state index contributed by atoms with van der Waals surface area (Å²) in [6.45, 7) is 15.3. The van der Waals surface area contributed by atoms with Crippen LogP contribution in [0.5, 0.6) is 0 Å². The first-order valence-corrected chi connectivity index (χ1v) is 13.7. The molecular weight excluding hydrogens is 466 g/mol. The largest absolute Gasteiger partial charge is 0.377 e. The summed E-state index contributed by atoms with van der Waals surface area (Å²) >= 11 is 0. The molecule has 4 heterocycles. The van der Waals surface area contributed by atoms with Gasteiger partial charge in [0.15, 0.2) is 11.6 Å². The summed E-state index contributed by atoms with van der Waals surface area (Å²) in [7, 11) is 0. The van der Waals surface area contributed by atoms with Crippen LogP contribution in [0.2, 0.25) is 0 Å². The summed E-state index contributed by atoms with van der Waals surface area (Å²) in [4.78, 5) is 21.7. The molecule has 3 saturated heterocycles. The zero-order valence-corrected chi connectivity index (χ0v) is 22.5. The Kier molecular flexibility index (Phi) is 7.81. The summed E-state index contributed by atoms with van der Waals surface area (Å²) < 4.78 is 5.79. The monoisotopic (exact) mass is 507 g/mol. The molecule has 9 heteroatoms. The van der Waals surface area contributed by atoms with Gasteiger partial charge >= 0.3 is 6.03 Å². The Morgan fingerprint density at radius 2 is 1.49 bits per heavy atom. The number of anilines is 3. The van der Waals surface area contributed by atoms with E-state index in [9.17, 15) is 4.79 Å². The summed E-state index contributed by atoms with van der Waals surface area (Å²) in [6.07, 6.45) is 2.80. The van der Waals surface area contributed by atoms with E-state index in [1.54, 1.807) is 0 Å². The average molecular weight is 508 g/mol. The lowest BCUT2D eigenvalue weighted by atomic mass is 9.87. The molecule has 3 aliphatic rings. The fourth-order valence-corrected chi connectivity index (χ4v) is 5.29. The van der Waals surface area contributed by atoms with Crippen LogP contribution in [0.15, 0.2) is 36.4 Å². The number of rotatable bonds is 5. The molecule has 2 amide bonds. The highest BCUT2D eigenvalue weighted by Gasteiger charge is 2.25. The van der Waals surface area contributed by atoms with Gasteiger partial charge in [0.1, 0.15) is 0 Å². The van der Waals surface area contributed by atoms with Crippen molar-refractivity contribution < 1.29 is 9.53 Å². The number of hydrogen-bond acceptors (Lipinski definition) is 7. The van der Waals surface area contributed by atoms with Crippen LogP contribution < -0.4 is 15.1 Å². The molecule has 0 saturated carbocycles. The van der Waals surface area contributed by atoms with Crippen LogP contribution in [0.1, 0.15) is 39.2 Å². The van der Waals surface area contributed by atoms with E-state index in [-0.39, 0.29) is 11.4 Å². The van der Waals surface area contributed by atoms with Crippen molar-refractivity contribution >= 4 is 23.4 Å². The summed E-state index contributed by atoms with van der Waals surface area (Å²) in [5.41, 5.74) is 2.18. The molecule has 0 spiro atoms. The fourth-order valence-electron chi connectivity index (χ4n) is 5.29. The molecule has 200 valence electrons. The molecule has 9 nitrogen and oxygen atoms in total. The smallest absolute Gasteiger partial charge is 0.321 e.